The van der Waals surface area contributed by atoms with Crippen molar-refractivity contribution < 1.29 is 19.1 Å². The summed E-state index contributed by atoms with van der Waals surface area (Å²) >= 11 is 0. The van der Waals surface area contributed by atoms with E-state index < -0.39 is 12.1 Å². The zero-order chi connectivity index (χ0) is 16.4. The van der Waals surface area contributed by atoms with E-state index in [4.69, 9.17) is 9.47 Å². The van der Waals surface area contributed by atoms with Gasteiger partial charge < -0.3 is 14.4 Å². The SMILES string of the molecule is CCOC(=O)c1cn[nH]c1OC1CCN(c2cnn(C)c2)C1=O. The van der Waals surface area contributed by atoms with Gasteiger partial charge in [0.15, 0.2) is 6.10 Å². The predicted octanol–water partition coefficient (Wildman–Crippen LogP) is 0.504. The molecule has 9 heteroatoms. The molecule has 122 valence electrons. The molecular weight excluding hydrogens is 302 g/mol. The number of anilines is 1. The van der Waals surface area contributed by atoms with Crippen molar-refractivity contribution in [3.63, 3.8) is 0 Å². The van der Waals surface area contributed by atoms with Crippen LogP contribution in [-0.4, -0.2) is 51.1 Å². The highest BCUT2D eigenvalue weighted by Gasteiger charge is 2.36. The molecule has 2 aromatic rings. The van der Waals surface area contributed by atoms with Crippen molar-refractivity contribution in [2.24, 2.45) is 7.05 Å². The van der Waals surface area contributed by atoms with Crippen LogP contribution in [0.5, 0.6) is 5.88 Å². The molecule has 1 fully saturated rings. The molecule has 2 aromatic heterocycles. The molecule has 0 aromatic carbocycles. The van der Waals surface area contributed by atoms with Crippen molar-refractivity contribution >= 4 is 17.6 Å². The third-order valence-electron chi connectivity index (χ3n) is 3.52. The van der Waals surface area contributed by atoms with Crippen LogP contribution in [0.3, 0.4) is 0 Å². The van der Waals surface area contributed by atoms with Crippen LogP contribution in [0.15, 0.2) is 18.6 Å². The van der Waals surface area contributed by atoms with E-state index in [1.165, 1.54) is 6.20 Å². The molecule has 1 atom stereocenters. The summed E-state index contributed by atoms with van der Waals surface area (Å²) in [7, 11) is 1.79. The number of nitrogens with zero attached hydrogens (tertiary/aromatic N) is 4. The van der Waals surface area contributed by atoms with E-state index in [1.54, 1.807) is 35.9 Å². The molecule has 1 unspecified atom stereocenters. The van der Waals surface area contributed by atoms with Gasteiger partial charge in [-0.05, 0) is 6.92 Å². The molecular formula is C14H17N5O4. The van der Waals surface area contributed by atoms with Gasteiger partial charge in [-0.25, -0.2) is 9.89 Å². The van der Waals surface area contributed by atoms with Gasteiger partial charge in [-0.3, -0.25) is 9.48 Å². The summed E-state index contributed by atoms with van der Waals surface area (Å²) in [5, 5.41) is 10.4. The number of rotatable bonds is 5. The minimum Gasteiger partial charge on any atom is -0.464 e. The van der Waals surface area contributed by atoms with E-state index in [0.29, 0.717) is 13.0 Å². The summed E-state index contributed by atoms with van der Waals surface area (Å²) in [6, 6.07) is 0. The lowest BCUT2D eigenvalue weighted by molar-refractivity contribution is -0.123. The maximum atomic E-state index is 12.5. The van der Waals surface area contributed by atoms with Gasteiger partial charge in [-0.1, -0.05) is 0 Å². The maximum Gasteiger partial charge on any atom is 0.345 e. The molecule has 0 spiro atoms. The third kappa shape index (κ3) is 2.89. The molecule has 0 radical (unpaired) electrons. The standard InChI is InChI=1S/C14H17N5O4/c1-3-22-14(21)10-7-15-17-12(10)23-11-4-5-19(13(11)20)9-6-16-18(2)8-9/h6-8,11H,3-5H2,1-2H3,(H,15,17). The number of ether oxygens (including phenoxy) is 2. The minimum atomic E-state index is -0.677. The van der Waals surface area contributed by atoms with Gasteiger partial charge in [0.05, 0.1) is 24.7 Å². The quantitative estimate of drug-likeness (QED) is 0.805. The number of carbonyl (C=O) groups is 2. The topological polar surface area (TPSA) is 102 Å². The molecule has 1 N–H and O–H groups in total. The van der Waals surface area contributed by atoms with Gasteiger partial charge in [0.2, 0.25) is 5.88 Å². The second-order valence-corrected chi connectivity index (χ2v) is 5.09. The fourth-order valence-electron chi connectivity index (χ4n) is 2.43. The maximum absolute atomic E-state index is 12.5. The number of H-pyrrole nitrogens is 1. The molecule has 9 nitrogen and oxygen atoms in total. The molecule has 0 saturated carbocycles. The molecule has 1 aliphatic heterocycles. The van der Waals surface area contributed by atoms with Crippen LogP contribution < -0.4 is 9.64 Å². The van der Waals surface area contributed by atoms with E-state index >= 15 is 0 Å². The Hall–Kier alpha value is -2.84. The van der Waals surface area contributed by atoms with Gasteiger partial charge in [0.1, 0.15) is 5.56 Å². The van der Waals surface area contributed by atoms with Crippen LogP contribution in [0.4, 0.5) is 5.69 Å². The summed E-state index contributed by atoms with van der Waals surface area (Å²) in [4.78, 5) is 25.9. The van der Waals surface area contributed by atoms with Crippen molar-refractivity contribution in [2.75, 3.05) is 18.1 Å². The van der Waals surface area contributed by atoms with Gasteiger partial charge in [-0.2, -0.15) is 10.2 Å². The minimum absolute atomic E-state index is 0.148. The first-order valence-electron chi connectivity index (χ1n) is 7.27. The van der Waals surface area contributed by atoms with Gasteiger partial charge in [0.25, 0.3) is 5.91 Å². The predicted molar refractivity (Wildman–Crippen MR) is 79.1 cm³/mol. The van der Waals surface area contributed by atoms with Crippen molar-refractivity contribution in [1.82, 2.24) is 20.0 Å². The monoisotopic (exact) mass is 319 g/mol. The Morgan fingerprint density at radius 3 is 3.00 bits per heavy atom. The van der Waals surface area contributed by atoms with Crippen LogP contribution in [0.2, 0.25) is 0 Å². The van der Waals surface area contributed by atoms with E-state index in [2.05, 4.69) is 15.3 Å². The number of hydrogen-bond acceptors (Lipinski definition) is 6. The summed E-state index contributed by atoms with van der Waals surface area (Å²) in [6.07, 6.45) is 4.55. The van der Waals surface area contributed by atoms with Gasteiger partial charge in [-0.15, -0.1) is 0 Å². The average molecular weight is 319 g/mol. The highest BCUT2D eigenvalue weighted by atomic mass is 16.5. The molecule has 1 amide bonds. The zero-order valence-electron chi connectivity index (χ0n) is 12.9. The largest absolute Gasteiger partial charge is 0.464 e. The Morgan fingerprint density at radius 1 is 1.48 bits per heavy atom. The summed E-state index contributed by atoms with van der Waals surface area (Å²) in [5.74, 6) is -0.567. The van der Waals surface area contributed by atoms with Crippen molar-refractivity contribution in [2.45, 2.75) is 19.4 Å². The highest BCUT2D eigenvalue weighted by molar-refractivity contribution is 5.99. The molecule has 1 saturated heterocycles. The number of aryl methyl sites for hydroxylation is 1. The lowest BCUT2D eigenvalue weighted by Crippen LogP contribution is -2.32. The van der Waals surface area contributed by atoms with Crippen molar-refractivity contribution in [3.8, 4) is 5.88 Å². The average Bonchev–Trinajstić information content (AvgIpc) is 3.22. The molecule has 3 rings (SSSR count). The molecule has 0 aliphatic carbocycles. The van der Waals surface area contributed by atoms with E-state index in [-0.39, 0.29) is 24.0 Å². The molecule has 23 heavy (non-hydrogen) atoms. The first-order chi connectivity index (χ1) is 11.1. The Kier molecular flexibility index (Phi) is 4.00. The zero-order valence-corrected chi connectivity index (χ0v) is 12.9. The number of amides is 1. The van der Waals surface area contributed by atoms with Gasteiger partial charge >= 0.3 is 5.97 Å². The third-order valence-corrected chi connectivity index (χ3v) is 3.52. The number of nitrogens with one attached hydrogen (secondary N) is 1. The number of carbonyl (C=O) groups excluding carboxylic acids is 2. The highest BCUT2D eigenvalue weighted by Crippen LogP contribution is 2.25. The fourth-order valence-corrected chi connectivity index (χ4v) is 2.43. The summed E-state index contributed by atoms with van der Waals surface area (Å²) in [5.41, 5.74) is 0.901. The summed E-state index contributed by atoms with van der Waals surface area (Å²) in [6.45, 7) is 2.49. The van der Waals surface area contributed by atoms with Crippen LogP contribution in [0.25, 0.3) is 0 Å². The first kappa shape index (κ1) is 15.1. The smallest absolute Gasteiger partial charge is 0.345 e. The molecule has 0 bridgehead atoms. The van der Waals surface area contributed by atoms with Crippen molar-refractivity contribution in [1.29, 1.82) is 0 Å². The van der Waals surface area contributed by atoms with E-state index in [1.807, 2.05) is 0 Å². The van der Waals surface area contributed by atoms with Crippen molar-refractivity contribution in [3.05, 3.63) is 24.2 Å². The number of hydrogen-bond donors (Lipinski definition) is 1. The second-order valence-electron chi connectivity index (χ2n) is 5.09. The van der Waals surface area contributed by atoms with Crippen LogP contribution >= 0.6 is 0 Å². The van der Waals surface area contributed by atoms with Gasteiger partial charge in [0, 0.05) is 26.2 Å². The van der Waals surface area contributed by atoms with E-state index in [0.717, 1.165) is 5.69 Å². The molecule has 3 heterocycles. The normalized spacial score (nSPS) is 17.6. The lowest BCUT2D eigenvalue weighted by atomic mass is 10.3. The van der Waals surface area contributed by atoms with E-state index in [9.17, 15) is 9.59 Å². The Labute approximate surface area is 132 Å². The Balaban J connectivity index is 1.71. The Bertz CT molecular complexity index is 722. The second kappa shape index (κ2) is 6.11. The molecule has 1 aliphatic rings. The van der Waals surface area contributed by atoms with Crippen LogP contribution in [0, 0.1) is 0 Å². The summed E-state index contributed by atoms with van der Waals surface area (Å²) < 4.78 is 12.2. The fraction of sp³-hybridized carbons (Fsp3) is 0.429. The number of aromatic amines is 1. The number of esters is 1. The van der Waals surface area contributed by atoms with Crippen LogP contribution in [0.1, 0.15) is 23.7 Å². The number of aromatic nitrogens is 4. The Morgan fingerprint density at radius 2 is 2.30 bits per heavy atom. The first-order valence-corrected chi connectivity index (χ1v) is 7.27. The lowest BCUT2D eigenvalue weighted by Gasteiger charge is -2.15. The van der Waals surface area contributed by atoms with Crippen LogP contribution in [-0.2, 0) is 16.6 Å².